The average Bonchev–Trinajstić information content (AvgIpc) is 3.25. The van der Waals surface area contributed by atoms with Gasteiger partial charge in [0.25, 0.3) is 5.91 Å². The third kappa shape index (κ3) is 3.79. The van der Waals surface area contributed by atoms with Crippen molar-refractivity contribution in [2.75, 3.05) is 5.75 Å². The van der Waals surface area contributed by atoms with E-state index in [4.69, 9.17) is 0 Å². The van der Waals surface area contributed by atoms with Gasteiger partial charge in [-0.05, 0) is 38.3 Å². The molecule has 1 aliphatic rings. The number of carbonyl (C=O) groups excluding carboxylic acids is 1. The zero-order valence-electron chi connectivity index (χ0n) is 19.8. The minimum absolute atomic E-state index is 0.00992. The predicted molar refractivity (Wildman–Crippen MR) is 123 cm³/mol. The molecule has 0 saturated heterocycles. The van der Waals surface area contributed by atoms with Crippen LogP contribution in [0.2, 0.25) is 0 Å². The van der Waals surface area contributed by atoms with Gasteiger partial charge in [-0.1, -0.05) is 6.92 Å². The molecule has 190 valence electrons. The number of carbonyl (C=O) groups is 1. The van der Waals surface area contributed by atoms with Crippen molar-refractivity contribution in [3.63, 3.8) is 0 Å². The Bertz CT molecular complexity index is 1670. The summed E-state index contributed by atoms with van der Waals surface area (Å²) in [7, 11) is -2.45. The number of alkyl halides is 3. The van der Waals surface area contributed by atoms with E-state index in [1.807, 2.05) is 6.92 Å². The standard InChI is InChI=1S/C22H22F3N7O3S/c1-5-36(34,35)20-14(18-28-13-8-12(22(23,24)25)10-27-16(13)31(18)4)17-26-9-11(2)15(32(17)30-20)19(33)29-21(3)6-7-21/h8-10H,5-7H2,1-4H3,(H,29,33). The van der Waals surface area contributed by atoms with Crippen LogP contribution in [0.4, 0.5) is 13.2 Å². The van der Waals surface area contributed by atoms with Crippen LogP contribution < -0.4 is 5.32 Å². The summed E-state index contributed by atoms with van der Waals surface area (Å²) < 4.78 is 68.4. The Morgan fingerprint density at radius 3 is 2.47 bits per heavy atom. The lowest BCUT2D eigenvalue weighted by Gasteiger charge is -2.13. The van der Waals surface area contributed by atoms with Gasteiger partial charge in [0.2, 0.25) is 0 Å². The number of rotatable bonds is 5. The monoisotopic (exact) mass is 521 g/mol. The molecule has 5 rings (SSSR count). The molecule has 0 aliphatic heterocycles. The minimum atomic E-state index is -4.63. The molecule has 0 unspecified atom stereocenters. The number of pyridine rings is 1. The number of aryl methyl sites for hydroxylation is 2. The van der Waals surface area contributed by atoms with E-state index in [1.165, 1.54) is 29.3 Å². The molecule has 4 aromatic heterocycles. The predicted octanol–water partition coefficient (Wildman–Crippen LogP) is 3.08. The van der Waals surface area contributed by atoms with Gasteiger partial charge < -0.3 is 9.88 Å². The summed E-state index contributed by atoms with van der Waals surface area (Å²) in [5, 5.41) is 6.85. The zero-order chi connectivity index (χ0) is 26.2. The van der Waals surface area contributed by atoms with Crippen molar-refractivity contribution in [1.29, 1.82) is 0 Å². The molecule has 1 aliphatic carbocycles. The Labute approximate surface area is 203 Å². The molecular weight excluding hydrogens is 499 g/mol. The van der Waals surface area contributed by atoms with Gasteiger partial charge in [-0.3, -0.25) is 4.79 Å². The second-order valence-electron chi connectivity index (χ2n) is 9.18. The van der Waals surface area contributed by atoms with Crippen molar-refractivity contribution in [2.45, 2.75) is 50.4 Å². The molecule has 0 atom stereocenters. The Morgan fingerprint density at radius 1 is 1.19 bits per heavy atom. The molecule has 0 bridgehead atoms. The number of hydrogen-bond donors (Lipinski definition) is 1. The van der Waals surface area contributed by atoms with E-state index in [-0.39, 0.29) is 50.2 Å². The third-order valence-electron chi connectivity index (χ3n) is 6.36. The maximum absolute atomic E-state index is 13.2. The normalized spacial score (nSPS) is 15.5. The summed E-state index contributed by atoms with van der Waals surface area (Å²) in [6, 6.07) is 0.846. The molecule has 1 N–H and O–H groups in total. The number of aromatic nitrogens is 6. The van der Waals surface area contributed by atoms with Crippen LogP contribution in [0.25, 0.3) is 28.2 Å². The highest BCUT2D eigenvalue weighted by Gasteiger charge is 2.40. The highest BCUT2D eigenvalue weighted by Crippen LogP contribution is 2.37. The molecule has 0 spiro atoms. The van der Waals surface area contributed by atoms with Crippen LogP contribution in [-0.4, -0.2) is 54.7 Å². The van der Waals surface area contributed by atoms with E-state index in [9.17, 15) is 26.4 Å². The molecule has 0 aromatic carbocycles. The molecule has 4 heterocycles. The van der Waals surface area contributed by atoms with E-state index in [1.54, 1.807) is 6.92 Å². The largest absolute Gasteiger partial charge is 0.417 e. The number of halogens is 3. The van der Waals surface area contributed by atoms with Gasteiger partial charge in [0.1, 0.15) is 22.6 Å². The van der Waals surface area contributed by atoms with Crippen LogP contribution >= 0.6 is 0 Å². The zero-order valence-corrected chi connectivity index (χ0v) is 20.6. The van der Waals surface area contributed by atoms with Gasteiger partial charge in [0, 0.05) is 25.0 Å². The first-order valence-electron chi connectivity index (χ1n) is 11.1. The number of imidazole rings is 1. The highest BCUT2D eigenvalue weighted by atomic mass is 32.2. The van der Waals surface area contributed by atoms with Gasteiger partial charge in [0.15, 0.2) is 26.2 Å². The fourth-order valence-electron chi connectivity index (χ4n) is 3.98. The number of sulfone groups is 1. The molecule has 10 nitrogen and oxygen atoms in total. The van der Waals surface area contributed by atoms with E-state index >= 15 is 0 Å². The van der Waals surface area contributed by atoms with Crippen molar-refractivity contribution in [2.24, 2.45) is 7.05 Å². The quantitative estimate of drug-likeness (QED) is 0.428. The van der Waals surface area contributed by atoms with E-state index < -0.39 is 27.5 Å². The average molecular weight is 522 g/mol. The number of nitrogens with zero attached hydrogens (tertiary/aromatic N) is 6. The minimum Gasteiger partial charge on any atom is -0.346 e. The van der Waals surface area contributed by atoms with Crippen LogP contribution in [0.5, 0.6) is 0 Å². The second-order valence-corrected chi connectivity index (χ2v) is 11.4. The summed E-state index contributed by atoms with van der Waals surface area (Å²) >= 11 is 0. The summed E-state index contributed by atoms with van der Waals surface area (Å²) in [5.74, 6) is -0.727. The molecular formula is C22H22F3N7O3S. The second kappa shape index (κ2) is 7.72. The van der Waals surface area contributed by atoms with Crippen LogP contribution in [-0.2, 0) is 23.1 Å². The van der Waals surface area contributed by atoms with Gasteiger partial charge >= 0.3 is 6.18 Å². The smallest absolute Gasteiger partial charge is 0.346 e. The van der Waals surface area contributed by atoms with E-state index in [0.717, 1.165) is 18.9 Å². The van der Waals surface area contributed by atoms with Gasteiger partial charge in [0.05, 0.1) is 11.3 Å². The summed E-state index contributed by atoms with van der Waals surface area (Å²) in [6.07, 6.45) is -0.872. The van der Waals surface area contributed by atoms with Crippen molar-refractivity contribution in [3.05, 3.63) is 35.3 Å². The maximum atomic E-state index is 13.2. The van der Waals surface area contributed by atoms with Gasteiger partial charge in [-0.15, -0.1) is 0 Å². The van der Waals surface area contributed by atoms with Crippen LogP contribution in [0.15, 0.2) is 23.5 Å². The maximum Gasteiger partial charge on any atom is 0.417 e. The summed E-state index contributed by atoms with van der Waals surface area (Å²) in [4.78, 5) is 25.7. The van der Waals surface area contributed by atoms with Crippen LogP contribution in [0.1, 0.15) is 48.3 Å². The molecule has 1 saturated carbocycles. The summed E-state index contributed by atoms with van der Waals surface area (Å²) in [5.41, 5.74) is -0.680. The van der Waals surface area contributed by atoms with E-state index in [0.29, 0.717) is 11.8 Å². The molecule has 1 amide bonds. The lowest BCUT2D eigenvalue weighted by molar-refractivity contribution is -0.137. The Hall–Kier alpha value is -3.55. The lowest BCUT2D eigenvalue weighted by Crippen LogP contribution is -2.36. The van der Waals surface area contributed by atoms with Crippen molar-refractivity contribution in [1.82, 2.24) is 34.4 Å². The fourth-order valence-corrected chi connectivity index (χ4v) is 4.95. The van der Waals surface area contributed by atoms with Crippen molar-refractivity contribution >= 4 is 32.6 Å². The first kappa shape index (κ1) is 24.2. The molecule has 0 radical (unpaired) electrons. The Balaban J connectivity index is 1.80. The lowest BCUT2D eigenvalue weighted by atomic mass is 10.2. The number of fused-ring (bicyclic) bond motifs is 2. The first-order chi connectivity index (χ1) is 16.8. The molecule has 14 heteroatoms. The van der Waals surface area contributed by atoms with Gasteiger partial charge in [-0.25, -0.2) is 27.9 Å². The number of hydrogen-bond acceptors (Lipinski definition) is 7. The number of amides is 1. The van der Waals surface area contributed by atoms with E-state index in [2.05, 4.69) is 25.4 Å². The Kier molecular flexibility index (Phi) is 5.18. The van der Waals surface area contributed by atoms with Crippen LogP contribution in [0, 0.1) is 6.92 Å². The Morgan fingerprint density at radius 2 is 1.86 bits per heavy atom. The van der Waals surface area contributed by atoms with Crippen molar-refractivity contribution < 1.29 is 26.4 Å². The molecule has 1 fully saturated rings. The molecule has 36 heavy (non-hydrogen) atoms. The fraction of sp³-hybridized carbons (Fsp3) is 0.409. The van der Waals surface area contributed by atoms with Crippen LogP contribution in [0.3, 0.4) is 0 Å². The topological polar surface area (TPSA) is 124 Å². The number of nitrogens with one attached hydrogen (secondary N) is 1. The first-order valence-corrected chi connectivity index (χ1v) is 12.7. The molecule has 4 aromatic rings. The highest BCUT2D eigenvalue weighted by molar-refractivity contribution is 7.91. The SMILES string of the molecule is CCS(=O)(=O)c1nn2c(C(=O)NC3(C)CC3)c(C)cnc2c1-c1nc2cc(C(F)(F)F)cnc2n1C. The van der Waals surface area contributed by atoms with Crippen molar-refractivity contribution in [3.8, 4) is 11.4 Å². The third-order valence-corrected chi connectivity index (χ3v) is 7.99. The summed E-state index contributed by atoms with van der Waals surface area (Å²) in [6.45, 7) is 5.00. The van der Waals surface area contributed by atoms with Gasteiger partial charge in [-0.2, -0.15) is 18.3 Å².